The lowest BCUT2D eigenvalue weighted by Gasteiger charge is -2.08. The number of methoxy groups -OCH3 is 1. The smallest absolute Gasteiger partial charge is 0.337 e. The highest BCUT2D eigenvalue weighted by Crippen LogP contribution is 2.15. The van der Waals surface area contributed by atoms with E-state index < -0.39 is 5.97 Å². The fourth-order valence-corrected chi connectivity index (χ4v) is 1.81. The molecule has 1 amide bonds. The van der Waals surface area contributed by atoms with Crippen molar-refractivity contribution in [1.29, 1.82) is 0 Å². The third kappa shape index (κ3) is 4.49. The van der Waals surface area contributed by atoms with Crippen molar-refractivity contribution in [2.75, 3.05) is 19.0 Å². The normalized spacial score (nSPS) is 9.91. The Hall–Kier alpha value is -2.53. The van der Waals surface area contributed by atoms with Crippen LogP contribution in [0.4, 0.5) is 5.69 Å². The molecule has 2 rings (SSSR count). The van der Waals surface area contributed by atoms with Gasteiger partial charge in [0.1, 0.15) is 5.75 Å². The predicted molar refractivity (Wildman–Crippen MR) is 83.4 cm³/mol. The monoisotopic (exact) mass is 319 g/mol. The molecule has 0 aliphatic carbocycles. The Labute approximate surface area is 132 Å². The lowest BCUT2D eigenvalue weighted by molar-refractivity contribution is -0.118. The van der Waals surface area contributed by atoms with E-state index in [4.69, 9.17) is 16.3 Å². The van der Waals surface area contributed by atoms with Crippen LogP contribution < -0.4 is 10.1 Å². The maximum Gasteiger partial charge on any atom is 0.337 e. The first-order valence-corrected chi connectivity index (χ1v) is 6.83. The van der Waals surface area contributed by atoms with Gasteiger partial charge in [0.05, 0.1) is 12.7 Å². The second kappa shape index (κ2) is 7.47. The Balaban J connectivity index is 1.86. The number of rotatable bonds is 5. The van der Waals surface area contributed by atoms with E-state index in [1.165, 1.54) is 7.11 Å². The highest BCUT2D eigenvalue weighted by atomic mass is 35.5. The molecule has 0 aliphatic heterocycles. The van der Waals surface area contributed by atoms with Crippen LogP contribution in [0.1, 0.15) is 10.4 Å². The second-order valence-electron chi connectivity index (χ2n) is 4.36. The molecule has 0 aromatic heterocycles. The first-order chi connectivity index (χ1) is 10.6. The molecule has 0 bridgehead atoms. The topological polar surface area (TPSA) is 64.6 Å². The zero-order chi connectivity index (χ0) is 15.9. The first kappa shape index (κ1) is 15.9. The summed E-state index contributed by atoms with van der Waals surface area (Å²) in [4.78, 5) is 23.1. The highest BCUT2D eigenvalue weighted by Gasteiger charge is 2.07. The third-order valence-electron chi connectivity index (χ3n) is 2.77. The van der Waals surface area contributed by atoms with Crippen LogP contribution in [-0.4, -0.2) is 25.6 Å². The summed E-state index contributed by atoms with van der Waals surface area (Å²) in [6.45, 7) is -0.125. The van der Waals surface area contributed by atoms with Gasteiger partial charge in [-0.15, -0.1) is 0 Å². The Morgan fingerprint density at radius 3 is 2.27 bits per heavy atom. The maximum atomic E-state index is 11.8. The van der Waals surface area contributed by atoms with Gasteiger partial charge in [0.25, 0.3) is 5.91 Å². The summed E-state index contributed by atoms with van der Waals surface area (Å²) < 4.78 is 9.93. The van der Waals surface area contributed by atoms with Crippen LogP contribution in [0, 0.1) is 0 Å². The van der Waals surface area contributed by atoms with E-state index in [1.807, 2.05) is 0 Å². The van der Waals surface area contributed by atoms with Crippen LogP contribution in [0.15, 0.2) is 48.5 Å². The number of anilines is 1. The van der Waals surface area contributed by atoms with Gasteiger partial charge in [-0.1, -0.05) is 11.6 Å². The number of carbonyl (C=O) groups excluding carboxylic acids is 2. The lowest BCUT2D eigenvalue weighted by Crippen LogP contribution is -2.20. The molecule has 1 N–H and O–H groups in total. The molecule has 0 fully saturated rings. The molecule has 0 radical (unpaired) electrons. The van der Waals surface area contributed by atoms with Crippen molar-refractivity contribution < 1.29 is 19.1 Å². The molecule has 0 heterocycles. The second-order valence-corrected chi connectivity index (χ2v) is 4.80. The van der Waals surface area contributed by atoms with Crippen LogP contribution >= 0.6 is 11.6 Å². The van der Waals surface area contributed by atoms with Crippen LogP contribution in [0.2, 0.25) is 5.02 Å². The molecule has 0 saturated carbocycles. The minimum absolute atomic E-state index is 0.125. The number of benzene rings is 2. The van der Waals surface area contributed by atoms with E-state index in [0.29, 0.717) is 22.0 Å². The van der Waals surface area contributed by atoms with E-state index in [2.05, 4.69) is 10.1 Å². The summed E-state index contributed by atoms with van der Waals surface area (Å²) in [6, 6.07) is 13.1. The number of nitrogens with one attached hydrogen (secondary N) is 1. The molecule has 0 atom stereocenters. The molecule has 114 valence electrons. The Morgan fingerprint density at radius 2 is 1.68 bits per heavy atom. The molecular weight excluding hydrogens is 306 g/mol. The van der Waals surface area contributed by atoms with Crippen molar-refractivity contribution in [3.8, 4) is 5.75 Å². The van der Waals surface area contributed by atoms with Crippen molar-refractivity contribution in [3.63, 3.8) is 0 Å². The average Bonchev–Trinajstić information content (AvgIpc) is 2.54. The quantitative estimate of drug-likeness (QED) is 0.860. The Morgan fingerprint density at radius 1 is 1.05 bits per heavy atom. The fourth-order valence-electron chi connectivity index (χ4n) is 1.68. The third-order valence-corrected chi connectivity index (χ3v) is 3.03. The van der Waals surface area contributed by atoms with Crippen LogP contribution in [0.3, 0.4) is 0 Å². The van der Waals surface area contributed by atoms with Gasteiger partial charge in [-0.05, 0) is 48.5 Å². The summed E-state index contributed by atoms with van der Waals surface area (Å²) in [5, 5.41) is 3.27. The van der Waals surface area contributed by atoms with Gasteiger partial charge in [-0.3, -0.25) is 4.79 Å². The van der Waals surface area contributed by atoms with Gasteiger partial charge >= 0.3 is 5.97 Å². The number of halogens is 1. The zero-order valence-electron chi connectivity index (χ0n) is 11.8. The SMILES string of the molecule is COC(=O)c1ccc(NC(=O)COc2ccc(Cl)cc2)cc1. The molecule has 2 aromatic carbocycles. The van der Waals surface area contributed by atoms with Gasteiger partial charge < -0.3 is 14.8 Å². The van der Waals surface area contributed by atoms with Crippen molar-refractivity contribution in [3.05, 3.63) is 59.1 Å². The lowest BCUT2D eigenvalue weighted by atomic mass is 10.2. The van der Waals surface area contributed by atoms with Crippen molar-refractivity contribution in [2.24, 2.45) is 0 Å². The Kier molecular flexibility index (Phi) is 5.38. The molecule has 0 spiro atoms. The molecule has 0 aliphatic rings. The predicted octanol–water partition coefficient (Wildman–Crippen LogP) is 3.14. The summed E-state index contributed by atoms with van der Waals surface area (Å²) in [6.07, 6.45) is 0. The van der Waals surface area contributed by atoms with E-state index in [9.17, 15) is 9.59 Å². The van der Waals surface area contributed by atoms with Crippen molar-refractivity contribution >= 4 is 29.2 Å². The largest absolute Gasteiger partial charge is 0.484 e. The number of amides is 1. The van der Waals surface area contributed by atoms with E-state index in [0.717, 1.165) is 0 Å². The molecule has 6 heteroatoms. The van der Waals surface area contributed by atoms with Gasteiger partial charge in [-0.25, -0.2) is 4.79 Å². The first-order valence-electron chi connectivity index (χ1n) is 6.45. The summed E-state index contributed by atoms with van der Waals surface area (Å²) in [7, 11) is 1.31. The van der Waals surface area contributed by atoms with Gasteiger partial charge in [0.2, 0.25) is 0 Å². The average molecular weight is 320 g/mol. The standard InChI is InChI=1S/C16H14ClNO4/c1-21-16(20)11-2-6-13(7-3-11)18-15(19)10-22-14-8-4-12(17)5-9-14/h2-9H,10H2,1H3,(H,18,19). The number of ether oxygens (including phenoxy) is 2. The molecule has 0 saturated heterocycles. The van der Waals surface area contributed by atoms with Gasteiger partial charge in [0.15, 0.2) is 6.61 Å². The van der Waals surface area contributed by atoms with Crippen molar-refractivity contribution in [2.45, 2.75) is 0 Å². The molecule has 0 unspecified atom stereocenters. The number of esters is 1. The molecule has 2 aromatic rings. The summed E-state index contributed by atoms with van der Waals surface area (Å²) in [5.41, 5.74) is 0.982. The fraction of sp³-hybridized carbons (Fsp3) is 0.125. The molecule has 22 heavy (non-hydrogen) atoms. The van der Waals surface area contributed by atoms with Gasteiger partial charge in [0, 0.05) is 10.7 Å². The van der Waals surface area contributed by atoms with Crippen LogP contribution in [0.5, 0.6) is 5.75 Å². The summed E-state index contributed by atoms with van der Waals surface area (Å²) in [5.74, 6) is -0.176. The minimum atomic E-state index is -0.427. The maximum absolute atomic E-state index is 11.8. The highest BCUT2D eigenvalue weighted by molar-refractivity contribution is 6.30. The number of hydrogen-bond donors (Lipinski definition) is 1. The Bertz CT molecular complexity index is 653. The summed E-state index contributed by atoms with van der Waals surface area (Å²) >= 11 is 5.76. The van der Waals surface area contributed by atoms with Crippen LogP contribution in [0.25, 0.3) is 0 Å². The van der Waals surface area contributed by atoms with Crippen LogP contribution in [-0.2, 0) is 9.53 Å². The van der Waals surface area contributed by atoms with Crippen molar-refractivity contribution in [1.82, 2.24) is 0 Å². The van der Waals surface area contributed by atoms with Gasteiger partial charge in [-0.2, -0.15) is 0 Å². The van der Waals surface area contributed by atoms with E-state index in [1.54, 1.807) is 48.5 Å². The number of carbonyl (C=O) groups is 2. The number of hydrogen-bond acceptors (Lipinski definition) is 4. The van der Waals surface area contributed by atoms with E-state index in [-0.39, 0.29) is 12.5 Å². The van der Waals surface area contributed by atoms with E-state index >= 15 is 0 Å². The minimum Gasteiger partial charge on any atom is -0.484 e. The molecular formula is C16H14ClNO4. The molecule has 5 nitrogen and oxygen atoms in total. The zero-order valence-corrected chi connectivity index (χ0v) is 12.6.